The summed E-state index contributed by atoms with van der Waals surface area (Å²) < 4.78 is 0. The zero-order valence-corrected chi connectivity index (χ0v) is 5.76. The standard InChI is InChI=1S/C6H11N3/c1-5-3-4-9(7)6(2)8-5/h3H,4,7H2,1-2H3. The number of nitrogens with zero attached hydrogens (tertiary/aromatic N) is 2. The molecule has 0 saturated carbocycles. The van der Waals surface area contributed by atoms with Crippen LogP contribution in [0.5, 0.6) is 0 Å². The number of nitrogens with two attached hydrogens (primary N) is 1. The second kappa shape index (κ2) is 2.19. The first kappa shape index (κ1) is 6.29. The summed E-state index contributed by atoms with van der Waals surface area (Å²) >= 11 is 0. The third-order valence-electron chi connectivity index (χ3n) is 1.34. The first-order valence-electron chi connectivity index (χ1n) is 2.94. The van der Waals surface area contributed by atoms with Crippen molar-refractivity contribution in [1.29, 1.82) is 0 Å². The van der Waals surface area contributed by atoms with E-state index in [0.717, 1.165) is 18.1 Å². The molecule has 0 aromatic rings. The van der Waals surface area contributed by atoms with Crippen molar-refractivity contribution >= 4 is 5.84 Å². The summed E-state index contributed by atoms with van der Waals surface area (Å²) in [5, 5.41) is 1.62. The monoisotopic (exact) mass is 125 g/mol. The van der Waals surface area contributed by atoms with Crippen LogP contribution < -0.4 is 5.84 Å². The number of hydrazine groups is 1. The van der Waals surface area contributed by atoms with E-state index in [0.29, 0.717) is 0 Å². The van der Waals surface area contributed by atoms with Crippen LogP contribution in [0.1, 0.15) is 13.8 Å². The molecule has 0 amide bonds. The number of hydrogen-bond acceptors (Lipinski definition) is 3. The van der Waals surface area contributed by atoms with Crippen LogP contribution in [0.25, 0.3) is 0 Å². The second-order valence-electron chi connectivity index (χ2n) is 2.16. The van der Waals surface area contributed by atoms with Crippen molar-refractivity contribution in [3.05, 3.63) is 11.8 Å². The number of allylic oxidation sites excluding steroid dienone is 1. The molecule has 9 heavy (non-hydrogen) atoms. The van der Waals surface area contributed by atoms with Gasteiger partial charge in [0.05, 0.1) is 6.54 Å². The SMILES string of the molecule is CC1=CCN(N)C(C)=N1. The Kier molecular flexibility index (Phi) is 1.53. The van der Waals surface area contributed by atoms with E-state index in [-0.39, 0.29) is 0 Å². The van der Waals surface area contributed by atoms with Crippen molar-refractivity contribution in [2.24, 2.45) is 10.8 Å². The topological polar surface area (TPSA) is 41.6 Å². The van der Waals surface area contributed by atoms with Gasteiger partial charge in [-0.05, 0) is 19.9 Å². The fraction of sp³-hybridized carbons (Fsp3) is 0.500. The summed E-state index contributed by atoms with van der Waals surface area (Å²) in [5.74, 6) is 6.38. The summed E-state index contributed by atoms with van der Waals surface area (Å²) in [6.45, 7) is 4.65. The average molecular weight is 125 g/mol. The largest absolute Gasteiger partial charge is 0.295 e. The minimum absolute atomic E-state index is 0.779. The summed E-state index contributed by atoms with van der Waals surface area (Å²) in [4.78, 5) is 4.14. The van der Waals surface area contributed by atoms with Gasteiger partial charge in [-0.3, -0.25) is 5.01 Å². The molecule has 2 N–H and O–H groups in total. The zero-order chi connectivity index (χ0) is 6.85. The van der Waals surface area contributed by atoms with E-state index in [1.54, 1.807) is 5.01 Å². The quantitative estimate of drug-likeness (QED) is 0.479. The maximum absolute atomic E-state index is 5.50. The maximum atomic E-state index is 5.50. The molecule has 0 aromatic carbocycles. The van der Waals surface area contributed by atoms with Crippen LogP contribution in [0.15, 0.2) is 16.8 Å². The third kappa shape index (κ3) is 1.29. The Hall–Kier alpha value is -0.830. The van der Waals surface area contributed by atoms with Gasteiger partial charge in [-0.2, -0.15) is 0 Å². The van der Waals surface area contributed by atoms with E-state index in [9.17, 15) is 0 Å². The Bertz CT molecular complexity index is 169. The van der Waals surface area contributed by atoms with Crippen LogP contribution in [0.3, 0.4) is 0 Å². The highest BCUT2D eigenvalue weighted by Gasteiger charge is 2.03. The lowest BCUT2D eigenvalue weighted by atomic mass is 10.4. The predicted molar refractivity (Wildman–Crippen MR) is 37.8 cm³/mol. The van der Waals surface area contributed by atoms with Crippen molar-refractivity contribution in [2.45, 2.75) is 13.8 Å². The van der Waals surface area contributed by atoms with Gasteiger partial charge >= 0.3 is 0 Å². The molecule has 0 saturated heterocycles. The van der Waals surface area contributed by atoms with Gasteiger partial charge in [-0.15, -0.1) is 0 Å². The van der Waals surface area contributed by atoms with Crippen molar-refractivity contribution in [3.63, 3.8) is 0 Å². The third-order valence-corrected chi connectivity index (χ3v) is 1.34. The van der Waals surface area contributed by atoms with Gasteiger partial charge in [0.25, 0.3) is 0 Å². The number of rotatable bonds is 0. The molecular weight excluding hydrogens is 114 g/mol. The highest BCUT2D eigenvalue weighted by atomic mass is 15.4. The Morgan fingerprint density at radius 3 is 2.78 bits per heavy atom. The molecule has 1 aliphatic heterocycles. The fourth-order valence-electron chi connectivity index (χ4n) is 0.728. The molecule has 0 radical (unpaired) electrons. The van der Waals surface area contributed by atoms with E-state index in [1.807, 2.05) is 19.9 Å². The molecular formula is C6H11N3. The van der Waals surface area contributed by atoms with E-state index in [2.05, 4.69) is 4.99 Å². The molecule has 50 valence electrons. The van der Waals surface area contributed by atoms with Gasteiger partial charge in [0.15, 0.2) is 0 Å². The molecule has 0 unspecified atom stereocenters. The second-order valence-corrected chi connectivity index (χ2v) is 2.16. The average Bonchev–Trinajstić information content (AvgIpc) is 1.80. The molecule has 0 aromatic heterocycles. The lowest BCUT2D eigenvalue weighted by molar-refractivity contribution is 0.477. The first-order valence-corrected chi connectivity index (χ1v) is 2.94. The van der Waals surface area contributed by atoms with Gasteiger partial charge in [0.1, 0.15) is 5.84 Å². The molecule has 1 aliphatic rings. The minimum Gasteiger partial charge on any atom is -0.295 e. The number of aliphatic imine (C=N–C) groups is 1. The number of hydrogen-bond donors (Lipinski definition) is 1. The predicted octanol–water partition coefficient (Wildman–Crippen LogP) is 0.498. The van der Waals surface area contributed by atoms with Crippen LogP contribution in [0, 0.1) is 0 Å². The highest BCUT2D eigenvalue weighted by molar-refractivity contribution is 5.81. The van der Waals surface area contributed by atoms with Gasteiger partial charge in [-0.25, -0.2) is 10.8 Å². The van der Waals surface area contributed by atoms with E-state index in [4.69, 9.17) is 5.84 Å². The molecule has 3 nitrogen and oxygen atoms in total. The van der Waals surface area contributed by atoms with Crippen LogP contribution in [-0.2, 0) is 0 Å². The zero-order valence-electron chi connectivity index (χ0n) is 5.76. The Morgan fingerprint density at radius 2 is 2.33 bits per heavy atom. The van der Waals surface area contributed by atoms with Crippen molar-refractivity contribution < 1.29 is 0 Å². The lowest BCUT2D eigenvalue weighted by Crippen LogP contribution is -2.37. The highest BCUT2D eigenvalue weighted by Crippen LogP contribution is 2.02. The van der Waals surface area contributed by atoms with Crippen molar-refractivity contribution in [1.82, 2.24) is 5.01 Å². The molecule has 3 heteroatoms. The van der Waals surface area contributed by atoms with E-state index >= 15 is 0 Å². The van der Waals surface area contributed by atoms with Crippen LogP contribution >= 0.6 is 0 Å². The molecule has 0 fully saturated rings. The molecule has 0 aliphatic carbocycles. The molecule has 0 bridgehead atoms. The summed E-state index contributed by atoms with van der Waals surface area (Å²) in [7, 11) is 0. The summed E-state index contributed by atoms with van der Waals surface area (Å²) in [6.07, 6.45) is 1.99. The maximum Gasteiger partial charge on any atom is 0.115 e. The van der Waals surface area contributed by atoms with Crippen LogP contribution in [0.2, 0.25) is 0 Å². The van der Waals surface area contributed by atoms with Crippen LogP contribution in [-0.4, -0.2) is 17.4 Å². The lowest BCUT2D eigenvalue weighted by Gasteiger charge is -2.19. The molecule has 1 heterocycles. The normalized spacial score (nSPS) is 19.2. The van der Waals surface area contributed by atoms with Crippen LogP contribution in [0.4, 0.5) is 0 Å². The molecule has 0 spiro atoms. The molecule has 0 atom stereocenters. The Labute approximate surface area is 54.8 Å². The summed E-state index contributed by atoms with van der Waals surface area (Å²) in [5.41, 5.74) is 1.05. The van der Waals surface area contributed by atoms with Crippen molar-refractivity contribution in [2.75, 3.05) is 6.54 Å². The molecule has 1 rings (SSSR count). The summed E-state index contributed by atoms with van der Waals surface area (Å²) in [6, 6.07) is 0. The smallest absolute Gasteiger partial charge is 0.115 e. The number of amidine groups is 1. The Balaban J connectivity index is 2.74. The van der Waals surface area contributed by atoms with E-state index < -0.39 is 0 Å². The Morgan fingerprint density at radius 1 is 1.67 bits per heavy atom. The van der Waals surface area contributed by atoms with Gasteiger partial charge in [0, 0.05) is 5.70 Å². The fourth-order valence-corrected chi connectivity index (χ4v) is 0.728. The van der Waals surface area contributed by atoms with Gasteiger partial charge in [-0.1, -0.05) is 0 Å². The first-order chi connectivity index (χ1) is 4.20. The van der Waals surface area contributed by atoms with E-state index in [1.165, 1.54) is 0 Å². The van der Waals surface area contributed by atoms with Crippen molar-refractivity contribution in [3.8, 4) is 0 Å². The van der Waals surface area contributed by atoms with Gasteiger partial charge < -0.3 is 0 Å². The minimum atomic E-state index is 0.779. The van der Waals surface area contributed by atoms with Gasteiger partial charge in [0.2, 0.25) is 0 Å².